The molecule has 0 bridgehead atoms. The number of thiophene rings is 1. The molecular formula is C20H21ClN2O3S2. The molecule has 0 unspecified atom stereocenters. The molecule has 1 aliphatic heterocycles. The van der Waals surface area contributed by atoms with Gasteiger partial charge in [-0.05, 0) is 49.6 Å². The van der Waals surface area contributed by atoms with E-state index >= 15 is 0 Å². The number of hydrogen-bond acceptors (Lipinski definition) is 5. The van der Waals surface area contributed by atoms with Gasteiger partial charge in [0.05, 0.1) is 22.0 Å². The molecule has 0 saturated carbocycles. The van der Waals surface area contributed by atoms with Crippen molar-refractivity contribution in [1.82, 2.24) is 9.80 Å². The maximum Gasteiger partial charge on any atom is 0.262 e. The summed E-state index contributed by atoms with van der Waals surface area (Å²) in [5.74, 6) is -0.326. The van der Waals surface area contributed by atoms with E-state index < -0.39 is 17.9 Å². The molecule has 0 N–H and O–H groups in total. The first-order chi connectivity index (χ1) is 13.5. The number of hydrogen-bond donors (Lipinski definition) is 0. The number of imide groups is 1. The second-order valence-electron chi connectivity index (χ2n) is 6.38. The Labute approximate surface area is 177 Å². The second kappa shape index (κ2) is 9.11. The van der Waals surface area contributed by atoms with E-state index in [0.717, 1.165) is 9.78 Å². The summed E-state index contributed by atoms with van der Waals surface area (Å²) in [5.41, 5.74) is 0.727. The van der Waals surface area contributed by atoms with Crippen molar-refractivity contribution in [3.63, 3.8) is 0 Å². The Morgan fingerprint density at radius 1 is 1.18 bits per heavy atom. The van der Waals surface area contributed by atoms with Gasteiger partial charge in [0.2, 0.25) is 5.91 Å². The normalized spacial score (nSPS) is 14.3. The zero-order valence-electron chi connectivity index (χ0n) is 15.7. The van der Waals surface area contributed by atoms with Crippen LogP contribution in [0.5, 0.6) is 0 Å². The van der Waals surface area contributed by atoms with Crippen molar-refractivity contribution in [2.75, 3.05) is 18.6 Å². The molecule has 1 aromatic carbocycles. The molecule has 0 saturated heterocycles. The molecule has 0 aliphatic carbocycles. The van der Waals surface area contributed by atoms with Crippen LogP contribution < -0.4 is 0 Å². The highest BCUT2D eigenvalue weighted by Gasteiger charge is 2.43. The molecule has 0 radical (unpaired) electrons. The van der Waals surface area contributed by atoms with Crippen molar-refractivity contribution in [2.45, 2.75) is 25.9 Å². The monoisotopic (exact) mass is 436 g/mol. The smallest absolute Gasteiger partial charge is 0.262 e. The van der Waals surface area contributed by atoms with Crippen LogP contribution in [0.25, 0.3) is 0 Å². The summed E-state index contributed by atoms with van der Waals surface area (Å²) >= 11 is 9.01. The van der Waals surface area contributed by atoms with E-state index in [1.807, 2.05) is 19.2 Å². The third-order valence-corrected chi connectivity index (χ3v) is 6.55. The number of likely N-dealkylation sites (N-methyl/N-ethyl adjacent to an activating group) is 1. The summed E-state index contributed by atoms with van der Waals surface area (Å²) in [5, 5.41) is 0. The van der Waals surface area contributed by atoms with Gasteiger partial charge in [0.25, 0.3) is 11.8 Å². The molecule has 0 fully saturated rings. The largest absolute Gasteiger partial charge is 0.336 e. The summed E-state index contributed by atoms with van der Waals surface area (Å²) in [6, 6.07) is 9.61. The van der Waals surface area contributed by atoms with Gasteiger partial charge >= 0.3 is 0 Å². The summed E-state index contributed by atoms with van der Waals surface area (Å²) in [7, 11) is 0. The number of fused-ring (bicyclic) bond motifs is 1. The van der Waals surface area contributed by atoms with Crippen molar-refractivity contribution in [1.29, 1.82) is 0 Å². The van der Waals surface area contributed by atoms with Gasteiger partial charge in [-0.1, -0.05) is 23.7 Å². The number of amides is 3. The van der Waals surface area contributed by atoms with Gasteiger partial charge in [0.1, 0.15) is 6.04 Å². The predicted octanol–water partition coefficient (Wildman–Crippen LogP) is 4.17. The minimum atomic E-state index is -0.810. The van der Waals surface area contributed by atoms with Crippen molar-refractivity contribution >= 4 is 52.4 Å². The van der Waals surface area contributed by atoms with Crippen LogP contribution in [0.15, 0.2) is 36.4 Å². The minimum Gasteiger partial charge on any atom is -0.336 e. The Kier molecular flexibility index (Phi) is 6.80. The van der Waals surface area contributed by atoms with E-state index in [0.29, 0.717) is 40.7 Å². The minimum absolute atomic E-state index is 0.212. The highest BCUT2D eigenvalue weighted by molar-refractivity contribution is 7.98. The van der Waals surface area contributed by atoms with Gasteiger partial charge in [-0.25, -0.2) is 0 Å². The van der Waals surface area contributed by atoms with Gasteiger partial charge < -0.3 is 4.90 Å². The average molecular weight is 437 g/mol. The van der Waals surface area contributed by atoms with Crippen LogP contribution in [0.1, 0.15) is 38.9 Å². The molecule has 5 nitrogen and oxygen atoms in total. The molecule has 148 valence electrons. The number of rotatable bonds is 8. The van der Waals surface area contributed by atoms with Crippen molar-refractivity contribution < 1.29 is 14.4 Å². The van der Waals surface area contributed by atoms with E-state index in [2.05, 4.69) is 0 Å². The Bertz CT molecular complexity index is 864. The molecule has 2 heterocycles. The SMILES string of the molecule is CCN(Cc1ccc(Cl)s1)C(=O)[C@H](CCSC)N1C(=O)c2ccccc2C1=O. The van der Waals surface area contributed by atoms with E-state index in [1.165, 1.54) is 11.3 Å². The highest BCUT2D eigenvalue weighted by Crippen LogP contribution is 2.28. The highest BCUT2D eigenvalue weighted by atomic mass is 35.5. The number of thioether (sulfide) groups is 1. The molecule has 1 aromatic heterocycles. The average Bonchev–Trinajstić information content (AvgIpc) is 3.22. The summed E-state index contributed by atoms with van der Waals surface area (Å²) in [6.45, 7) is 2.78. The summed E-state index contributed by atoms with van der Waals surface area (Å²) < 4.78 is 0.665. The fourth-order valence-corrected chi connectivity index (χ4v) is 4.83. The maximum atomic E-state index is 13.4. The topological polar surface area (TPSA) is 57.7 Å². The Hall–Kier alpha value is -1.83. The molecule has 28 heavy (non-hydrogen) atoms. The van der Waals surface area contributed by atoms with Gasteiger partial charge in [0, 0.05) is 11.4 Å². The fourth-order valence-electron chi connectivity index (χ4n) is 3.26. The summed E-state index contributed by atoms with van der Waals surface area (Å²) in [4.78, 5) is 43.0. The maximum absolute atomic E-state index is 13.4. The van der Waals surface area contributed by atoms with E-state index in [4.69, 9.17) is 11.6 Å². The first-order valence-electron chi connectivity index (χ1n) is 8.96. The number of carbonyl (C=O) groups is 3. The molecule has 2 aromatic rings. The molecule has 3 amide bonds. The summed E-state index contributed by atoms with van der Waals surface area (Å²) in [6.07, 6.45) is 2.36. The lowest BCUT2D eigenvalue weighted by atomic mass is 10.1. The third kappa shape index (κ3) is 4.11. The van der Waals surface area contributed by atoms with Crippen molar-refractivity contribution in [3.05, 3.63) is 56.7 Å². The van der Waals surface area contributed by atoms with Crippen LogP contribution >= 0.6 is 34.7 Å². The van der Waals surface area contributed by atoms with E-state index in [1.54, 1.807) is 47.0 Å². The Morgan fingerprint density at radius 2 is 1.82 bits per heavy atom. The fraction of sp³-hybridized carbons (Fsp3) is 0.350. The zero-order chi connectivity index (χ0) is 20.3. The van der Waals surface area contributed by atoms with E-state index in [-0.39, 0.29) is 5.91 Å². The van der Waals surface area contributed by atoms with Gasteiger partial charge in [-0.3, -0.25) is 19.3 Å². The number of carbonyl (C=O) groups excluding carboxylic acids is 3. The van der Waals surface area contributed by atoms with Crippen molar-refractivity contribution in [2.24, 2.45) is 0 Å². The first-order valence-corrected chi connectivity index (χ1v) is 11.6. The lowest BCUT2D eigenvalue weighted by molar-refractivity contribution is -0.135. The van der Waals surface area contributed by atoms with Crippen LogP contribution in [0.3, 0.4) is 0 Å². The predicted molar refractivity (Wildman–Crippen MR) is 114 cm³/mol. The van der Waals surface area contributed by atoms with Crippen LogP contribution in [-0.4, -0.2) is 52.1 Å². The lowest BCUT2D eigenvalue weighted by Crippen LogP contribution is -2.51. The van der Waals surface area contributed by atoms with E-state index in [9.17, 15) is 14.4 Å². The molecule has 1 aliphatic rings. The van der Waals surface area contributed by atoms with Crippen LogP contribution in [-0.2, 0) is 11.3 Å². The molecular weight excluding hydrogens is 416 g/mol. The first kappa shape index (κ1) is 20.9. The molecule has 3 rings (SSSR count). The van der Waals surface area contributed by atoms with Gasteiger partial charge in [-0.15, -0.1) is 11.3 Å². The Morgan fingerprint density at radius 3 is 2.32 bits per heavy atom. The Balaban J connectivity index is 1.88. The zero-order valence-corrected chi connectivity index (χ0v) is 18.1. The molecule has 0 spiro atoms. The van der Waals surface area contributed by atoms with Crippen LogP contribution in [0, 0.1) is 0 Å². The van der Waals surface area contributed by atoms with Crippen molar-refractivity contribution in [3.8, 4) is 0 Å². The van der Waals surface area contributed by atoms with Crippen LogP contribution in [0.4, 0.5) is 0 Å². The van der Waals surface area contributed by atoms with Crippen LogP contribution in [0.2, 0.25) is 4.34 Å². The molecule has 8 heteroatoms. The number of halogens is 1. The lowest BCUT2D eigenvalue weighted by Gasteiger charge is -2.30. The number of benzene rings is 1. The number of nitrogens with zero attached hydrogens (tertiary/aromatic N) is 2. The third-order valence-electron chi connectivity index (χ3n) is 4.69. The standard InChI is InChI=1S/C20H21ClN2O3S2/c1-3-22(12-13-8-9-17(21)28-13)20(26)16(10-11-27-2)23-18(24)14-6-4-5-7-15(14)19(23)25/h4-9,16H,3,10-12H2,1-2H3/t16-/m0/s1. The van der Waals surface area contributed by atoms with Gasteiger partial charge in [0.15, 0.2) is 0 Å². The molecule has 1 atom stereocenters. The quantitative estimate of drug-likeness (QED) is 0.583. The van der Waals surface area contributed by atoms with Gasteiger partial charge in [-0.2, -0.15) is 11.8 Å². The second-order valence-corrected chi connectivity index (χ2v) is 9.17.